The van der Waals surface area contributed by atoms with Crippen molar-refractivity contribution in [2.24, 2.45) is 5.73 Å². The molecule has 1 atom stereocenters. The molecule has 1 aliphatic carbocycles. The molecule has 0 bridgehead atoms. The molecule has 0 unspecified atom stereocenters. The van der Waals surface area contributed by atoms with Crippen LogP contribution in [0.2, 0.25) is 0 Å². The monoisotopic (exact) mass is 549 g/mol. The van der Waals surface area contributed by atoms with Crippen LogP contribution in [-0.4, -0.2) is 49.7 Å². The summed E-state index contributed by atoms with van der Waals surface area (Å²) in [5.74, 6) is -1.29. The van der Waals surface area contributed by atoms with Gasteiger partial charge in [0.05, 0.1) is 5.01 Å². The van der Waals surface area contributed by atoms with E-state index >= 15 is 0 Å². The number of hydrogen-bond donors (Lipinski definition) is 2. The standard InChI is InChI=1S/C16H17F3N4O3S.C10H13N/c1-9-6-12(16(17,18)19)21-23(9)7-13(24)22-4-2-10(3-5-22)14-20-11(8-27-14)15(25)26;11-10-7-3-5-8-4-1-2-6-9(8)10/h6,8,10H,2-5,7H2,1H3,(H,25,26);1-2,4,6,10H,3,5,7,11H2/t;10-/m.1/s1. The lowest BCUT2D eigenvalue weighted by atomic mass is 9.88. The van der Waals surface area contributed by atoms with Gasteiger partial charge in [-0.1, -0.05) is 24.3 Å². The Balaban J connectivity index is 0.000000253. The minimum atomic E-state index is -4.54. The van der Waals surface area contributed by atoms with Crippen molar-refractivity contribution in [2.75, 3.05) is 13.1 Å². The molecule has 3 aromatic rings. The number of amides is 1. The van der Waals surface area contributed by atoms with Crippen molar-refractivity contribution < 1.29 is 27.9 Å². The SMILES string of the molecule is Cc1cc(C(F)(F)F)nn1CC(=O)N1CCC(c2nc(C(=O)O)cs2)CC1.N[C@@H]1CCCc2ccccc21. The summed E-state index contributed by atoms with van der Waals surface area (Å²) in [6.07, 6.45) is 0.327. The highest BCUT2D eigenvalue weighted by Crippen LogP contribution is 2.31. The Labute approximate surface area is 222 Å². The fourth-order valence-electron chi connectivity index (χ4n) is 4.78. The lowest BCUT2D eigenvalue weighted by Crippen LogP contribution is -2.40. The van der Waals surface area contributed by atoms with Crippen molar-refractivity contribution >= 4 is 23.2 Å². The Bertz CT molecular complexity index is 1280. The van der Waals surface area contributed by atoms with Crippen LogP contribution in [0.25, 0.3) is 0 Å². The third kappa shape index (κ3) is 6.60. The number of halogens is 3. The van der Waals surface area contributed by atoms with Crippen LogP contribution in [-0.2, 0) is 23.9 Å². The van der Waals surface area contributed by atoms with Gasteiger partial charge in [0.25, 0.3) is 0 Å². The van der Waals surface area contributed by atoms with Crippen molar-refractivity contribution in [3.8, 4) is 0 Å². The van der Waals surface area contributed by atoms with Crippen molar-refractivity contribution in [2.45, 2.75) is 63.7 Å². The highest BCUT2D eigenvalue weighted by molar-refractivity contribution is 7.09. The number of rotatable bonds is 4. The zero-order chi connectivity index (χ0) is 27.4. The Morgan fingerprint density at radius 3 is 2.50 bits per heavy atom. The van der Waals surface area contributed by atoms with E-state index < -0.39 is 17.8 Å². The highest BCUT2D eigenvalue weighted by atomic mass is 32.1. The molecular weight excluding hydrogens is 519 g/mol. The van der Waals surface area contributed by atoms with Crippen molar-refractivity contribution in [3.63, 3.8) is 0 Å². The normalized spacial score (nSPS) is 17.9. The zero-order valence-electron chi connectivity index (χ0n) is 20.9. The largest absolute Gasteiger partial charge is 0.476 e. The van der Waals surface area contributed by atoms with Gasteiger partial charge < -0.3 is 15.7 Å². The molecule has 12 heteroatoms. The summed E-state index contributed by atoms with van der Waals surface area (Å²) >= 11 is 1.29. The number of aromatic carboxylic acids is 1. The molecule has 1 fully saturated rings. The summed E-state index contributed by atoms with van der Waals surface area (Å²) in [7, 11) is 0. The first-order valence-corrected chi connectivity index (χ1v) is 13.3. The van der Waals surface area contributed by atoms with Crippen LogP contribution in [0.3, 0.4) is 0 Å². The molecule has 0 spiro atoms. The van der Waals surface area contributed by atoms with Gasteiger partial charge in [0.1, 0.15) is 6.54 Å². The third-order valence-electron chi connectivity index (χ3n) is 6.91. The number of carbonyl (C=O) groups is 2. The second kappa shape index (κ2) is 11.6. The van der Waals surface area contributed by atoms with Crippen molar-refractivity contribution in [3.05, 3.63) is 68.9 Å². The summed E-state index contributed by atoms with van der Waals surface area (Å²) in [6, 6.07) is 9.72. The molecular formula is C26H30F3N5O3S. The van der Waals surface area contributed by atoms with Gasteiger partial charge in [0.15, 0.2) is 11.4 Å². The second-order valence-electron chi connectivity index (χ2n) is 9.56. The Hall–Kier alpha value is -3.25. The fourth-order valence-corrected chi connectivity index (χ4v) is 5.74. The number of nitrogens with two attached hydrogens (primary N) is 1. The molecule has 8 nitrogen and oxygen atoms in total. The van der Waals surface area contributed by atoms with Gasteiger partial charge in [-0.15, -0.1) is 11.3 Å². The Kier molecular flexibility index (Phi) is 8.51. The number of piperidine rings is 1. The molecule has 2 aliphatic rings. The van der Waals surface area contributed by atoms with E-state index in [0.29, 0.717) is 32.0 Å². The Morgan fingerprint density at radius 2 is 1.89 bits per heavy atom. The van der Waals surface area contributed by atoms with E-state index in [9.17, 15) is 22.8 Å². The molecule has 38 heavy (non-hydrogen) atoms. The molecule has 0 saturated carbocycles. The van der Waals surface area contributed by atoms with E-state index in [1.54, 1.807) is 4.90 Å². The highest BCUT2D eigenvalue weighted by Gasteiger charge is 2.35. The molecule has 1 amide bonds. The molecule has 1 saturated heterocycles. The van der Waals surface area contributed by atoms with Crippen LogP contribution in [0.15, 0.2) is 35.7 Å². The average Bonchev–Trinajstić information content (AvgIpc) is 3.53. The minimum absolute atomic E-state index is 0.0168. The van der Waals surface area contributed by atoms with Crippen molar-refractivity contribution in [1.29, 1.82) is 0 Å². The first-order chi connectivity index (χ1) is 18.0. The first-order valence-electron chi connectivity index (χ1n) is 12.4. The number of benzene rings is 1. The second-order valence-corrected chi connectivity index (χ2v) is 10.4. The summed E-state index contributed by atoms with van der Waals surface area (Å²) in [5, 5.41) is 14.6. The number of hydrogen-bond acceptors (Lipinski definition) is 6. The van der Waals surface area contributed by atoms with Crippen LogP contribution in [0.1, 0.15) is 75.7 Å². The van der Waals surface area contributed by atoms with Gasteiger partial charge in [0.2, 0.25) is 5.91 Å². The van der Waals surface area contributed by atoms with Gasteiger partial charge in [-0.05, 0) is 56.2 Å². The van der Waals surface area contributed by atoms with Gasteiger partial charge in [0, 0.05) is 36.1 Å². The topological polar surface area (TPSA) is 114 Å². The van der Waals surface area contributed by atoms with E-state index in [2.05, 4.69) is 34.3 Å². The molecule has 1 aliphatic heterocycles. The summed E-state index contributed by atoms with van der Waals surface area (Å²) in [5.41, 5.74) is 8.04. The molecule has 3 heterocycles. The van der Waals surface area contributed by atoms with Gasteiger partial charge in [-0.25, -0.2) is 9.78 Å². The maximum atomic E-state index is 12.7. The molecule has 5 rings (SSSR count). The number of carboxylic acid groups (broad SMARTS) is 1. The van der Waals surface area contributed by atoms with E-state index in [4.69, 9.17) is 10.8 Å². The summed E-state index contributed by atoms with van der Waals surface area (Å²) in [4.78, 5) is 29.0. The van der Waals surface area contributed by atoms with Crippen molar-refractivity contribution in [1.82, 2.24) is 19.7 Å². The quantitative estimate of drug-likeness (QED) is 0.484. The number of carbonyl (C=O) groups excluding carboxylic acids is 1. The molecule has 2 aromatic heterocycles. The van der Waals surface area contributed by atoms with Crippen LogP contribution in [0, 0.1) is 6.92 Å². The summed E-state index contributed by atoms with van der Waals surface area (Å²) < 4.78 is 39.2. The zero-order valence-corrected chi connectivity index (χ0v) is 21.8. The number of likely N-dealkylation sites (tertiary alicyclic amines) is 1. The third-order valence-corrected chi connectivity index (χ3v) is 7.92. The van der Waals surface area contributed by atoms with Crippen LogP contribution in [0.5, 0.6) is 0 Å². The first kappa shape index (κ1) is 27.8. The average molecular weight is 550 g/mol. The molecule has 1 aromatic carbocycles. The maximum absolute atomic E-state index is 12.7. The number of aromatic nitrogens is 3. The smallest absolute Gasteiger partial charge is 0.435 e. The van der Waals surface area contributed by atoms with E-state index in [1.165, 1.54) is 47.6 Å². The van der Waals surface area contributed by atoms with Crippen LogP contribution >= 0.6 is 11.3 Å². The van der Waals surface area contributed by atoms with E-state index in [0.717, 1.165) is 22.2 Å². The number of fused-ring (bicyclic) bond motifs is 1. The number of carboxylic acids is 1. The molecule has 0 radical (unpaired) electrons. The molecule has 3 N–H and O–H groups in total. The number of alkyl halides is 3. The fraction of sp³-hybridized carbons (Fsp3) is 0.462. The predicted molar refractivity (Wildman–Crippen MR) is 136 cm³/mol. The van der Waals surface area contributed by atoms with Crippen LogP contribution in [0.4, 0.5) is 13.2 Å². The number of nitrogens with zero attached hydrogens (tertiary/aromatic N) is 4. The summed E-state index contributed by atoms with van der Waals surface area (Å²) in [6.45, 7) is 2.12. The van der Waals surface area contributed by atoms with Gasteiger partial charge in [-0.2, -0.15) is 18.3 Å². The lowest BCUT2D eigenvalue weighted by molar-refractivity contribution is -0.142. The lowest BCUT2D eigenvalue weighted by Gasteiger charge is -2.31. The number of thiazole rings is 1. The predicted octanol–water partition coefficient (Wildman–Crippen LogP) is 4.79. The van der Waals surface area contributed by atoms with Gasteiger partial charge in [-0.3, -0.25) is 9.48 Å². The molecule has 204 valence electrons. The van der Waals surface area contributed by atoms with E-state index in [-0.39, 0.29) is 29.8 Å². The number of aryl methyl sites for hydroxylation is 2. The Morgan fingerprint density at radius 1 is 1.18 bits per heavy atom. The minimum Gasteiger partial charge on any atom is -0.476 e. The van der Waals surface area contributed by atoms with Crippen LogP contribution < -0.4 is 5.73 Å². The van der Waals surface area contributed by atoms with E-state index in [1.807, 2.05) is 0 Å². The maximum Gasteiger partial charge on any atom is 0.435 e. The van der Waals surface area contributed by atoms with Gasteiger partial charge >= 0.3 is 12.1 Å².